The van der Waals surface area contributed by atoms with Crippen molar-refractivity contribution >= 4 is 11.8 Å². The van der Waals surface area contributed by atoms with Gasteiger partial charge in [0.2, 0.25) is 0 Å². The number of hydrogen-bond acceptors (Lipinski definition) is 4. The van der Waals surface area contributed by atoms with Crippen LogP contribution in [-0.2, 0) is 6.42 Å². The van der Waals surface area contributed by atoms with E-state index in [9.17, 15) is 9.59 Å². The molecule has 0 bridgehead atoms. The second-order valence-corrected chi connectivity index (χ2v) is 4.66. The van der Waals surface area contributed by atoms with E-state index in [1.54, 1.807) is 36.7 Å². The van der Waals surface area contributed by atoms with E-state index >= 15 is 0 Å². The van der Waals surface area contributed by atoms with Crippen molar-refractivity contribution < 1.29 is 9.59 Å². The zero-order chi connectivity index (χ0) is 13.9. The van der Waals surface area contributed by atoms with Crippen LogP contribution in [0.3, 0.4) is 0 Å². The van der Waals surface area contributed by atoms with Crippen molar-refractivity contribution in [3.05, 3.63) is 59.7 Å². The monoisotopic (exact) mass is 267 g/mol. The van der Waals surface area contributed by atoms with E-state index in [0.29, 0.717) is 24.1 Å². The minimum absolute atomic E-state index is 0.199. The maximum atomic E-state index is 12.1. The van der Waals surface area contributed by atoms with Crippen LogP contribution >= 0.6 is 0 Å². The van der Waals surface area contributed by atoms with E-state index in [1.165, 1.54) is 11.2 Å². The molecule has 0 atom stereocenters. The number of imide groups is 1. The molecule has 5 heteroatoms. The van der Waals surface area contributed by atoms with Crippen LogP contribution in [0.15, 0.2) is 43.0 Å². The van der Waals surface area contributed by atoms with Crippen molar-refractivity contribution in [3.8, 4) is 0 Å². The third kappa shape index (κ3) is 2.18. The molecular weight excluding hydrogens is 254 g/mol. The number of carbonyl (C=O) groups is 2. The van der Waals surface area contributed by atoms with Crippen LogP contribution < -0.4 is 0 Å². The number of rotatable bonds is 4. The molecule has 0 aliphatic carbocycles. The van der Waals surface area contributed by atoms with Gasteiger partial charge in [0.1, 0.15) is 6.33 Å². The van der Waals surface area contributed by atoms with Gasteiger partial charge in [-0.2, -0.15) is 0 Å². The number of carbonyl (C=O) groups excluding carboxylic acids is 2. The van der Waals surface area contributed by atoms with Crippen molar-refractivity contribution in [2.75, 3.05) is 6.54 Å². The van der Waals surface area contributed by atoms with Gasteiger partial charge < -0.3 is 0 Å². The SMILES string of the molecule is O=C1c2ccccc2C(=O)N1CCCc1cncnc1. The van der Waals surface area contributed by atoms with Crippen molar-refractivity contribution in [1.82, 2.24) is 14.9 Å². The summed E-state index contributed by atoms with van der Waals surface area (Å²) in [7, 11) is 0. The molecular formula is C15H13N3O2. The van der Waals surface area contributed by atoms with Gasteiger partial charge >= 0.3 is 0 Å². The largest absolute Gasteiger partial charge is 0.274 e. The van der Waals surface area contributed by atoms with E-state index in [4.69, 9.17) is 0 Å². The Morgan fingerprint density at radius 1 is 0.950 bits per heavy atom. The molecule has 1 aromatic carbocycles. The second kappa shape index (κ2) is 5.21. The predicted molar refractivity (Wildman–Crippen MR) is 72.2 cm³/mol. The highest BCUT2D eigenvalue weighted by Crippen LogP contribution is 2.22. The molecule has 0 fully saturated rings. The Kier molecular flexibility index (Phi) is 3.25. The topological polar surface area (TPSA) is 63.2 Å². The Morgan fingerprint density at radius 2 is 1.55 bits per heavy atom. The molecule has 0 unspecified atom stereocenters. The molecule has 2 heterocycles. The fraction of sp³-hybridized carbons (Fsp3) is 0.200. The second-order valence-electron chi connectivity index (χ2n) is 4.66. The normalized spacial score (nSPS) is 13.7. The summed E-state index contributed by atoms with van der Waals surface area (Å²) < 4.78 is 0. The van der Waals surface area contributed by atoms with Crippen LogP contribution in [0.2, 0.25) is 0 Å². The number of aryl methyl sites for hydroxylation is 1. The molecule has 3 rings (SSSR count). The van der Waals surface area contributed by atoms with Gasteiger partial charge in [0.25, 0.3) is 11.8 Å². The van der Waals surface area contributed by atoms with Gasteiger partial charge in [-0.05, 0) is 30.5 Å². The number of nitrogens with zero attached hydrogens (tertiary/aromatic N) is 3. The highest BCUT2D eigenvalue weighted by molar-refractivity contribution is 6.21. The molecule has 0 saturated carbocycles. The van der Waals surface area contributed by atoms with Gasteiger partial charge in [-0.25, -0.2) is 9.97 Å². The molecule has 2 amide bonds. The average molecular weight is 267 g/mol. The molecule has 2 aromatic rings. The summed E-state index contributed by atoms with van der Waals surface area (Å²) in [6.45, 7) is 0.418. The number of amides is 2. The molecule has 100 valence electrons. The van der Waals surface area contributed by atoms with Gasteiger partial charge in [0, 0.05) is 18.9 Å². The highest BCUT2D eigenvalue weighted by atomic mass is 16.2. The Bertz CT molecular complexity index is 620. The van der Waals surface area contributed by atoms with E-state index in [2.05, 4.69) is 9.97 Å². The van der Waals surface area contributed by atoms with Crippen LogP contribution in [-0.4, -0.2) is 33.2 Å². The van der Waals surface area contributed by atoms with Crippen LogP contribution in [0, 0.1) is 0 Å². The molecule has 0 spiro atoms. The first-order valence-corrected chi connectivity index (χ1v) is 6.46. The van der Waals surface area contributed by atoms with Gasteiger partial charge in [0.05, 0.1) is 11.1 Å². The zero-order valence-electron chi connectivity index (χ0n) is 10.8. The average Bonchev–Trinajstić information content (AvgIpc) is 2.74. The smallest absolute Gasteiger partial charge is 0.261 e. The number of aromatic nitrogens is 2. The summed E-state index contributed by atoms with van der Waals surface area (Å²) in [6.07, 6.45) is 6.42. The van der Waals surface area contributed by atoms with Crippen LogP contribution in [0.25, 0.3) is 0 Å². The summed E-state index contributed by atoms with van der Waals surface area (Å²) in [5.74, 6) is -0.398. The standard InChI is InChI=1S/C15H13N3O2/c19-14-12-5-1-2-6-13(12)15(20)18(14)7-3-4-11-8-16-10-17-9-11/h1-2,5-6,8-10H,3-4,7H2. The summed E-state index contributed by atoms with van der Waals surface area (Å²) in [5, 5.41) is 0. The first-order valence-electron chi connectivity index (χ1n) is 6.46. The third-order valence-corrected chi connectivity index (χ3v) is 3.34. The van der Waals surface area contributed by atoms with Crippen molar-refractivity contribution in [3.63, 3.8) is 0 Å². The Hall–Kier alpha value is -2.56. The lowest BCUT2D eigenvalue weighted by Crippen LogP contribution is -2.30. The maximum Gasteiger partial charge on any atom is 0.261 e. The van der Waals surface area contributed by atoms with Crippen molar-refractivity contribution in [2.24, 2.45) is 0 Å². The number of benzene rings is 1. The Balaban J connectivity index is 1.65. The molecule has 0 radical (unpaired) electrons. The van der Waals surface area contributed by atoms with Crippen molar-refractivity contribution in [1.29, 1.82) is 0 Å². The summed E-state index contributed by atoms with van der Waals surface area (Å²) in [6, 6.07) is 6.94. The van der Waals surface area contributed by atoms with Gasteiger partial charge in [-0.1, -0.05) is 12.1 Å². The quantitative estimate of drug-likeness (QED) is 0.791. The first-order chi connectivity index (χ1) is 9.77. The van der Waals surface area contributed by atoms with E-state index in [-0.39, 0.29) is 11.8 Å². The number of hydrogen-bond donors (Lipinski definition) is 0. The Morgan fingerprint density at radius 3 is 2.15 bits per heavy atom. The fourth-order valence-electron chi connectivity index (χ4n) is 2.34. The molecule has 20 heavy (non-hydrogen) atoms. The molecule has 1 aromatic heterocycles. The van der Waals surface area contributed by atoms with Gasteiger partial charge in [-0.15, -0.1) is 0 Å². The zero-order valence-corrected chi connectivity index (χ0v) is 10.8. The molecule has 0 N–H and O–H groups in total. The van der Waals surface area contributed by atoms with Crippen LogP contribution in [0.5, 0.6) is 0 Å². The molecule has 1 aliphatic heterocycles. The van der Waals surface area contributed by atoms with E-state index in [1.807, 2.05) is 0 Å². The lowest BCUT2D eigenvalue weighted by atomic mass is 10.1. The molecule has 0 saturated heterocycles. The first kappa shape index (κ1) is 12.5. The minimum atomic E-state index is -0.199. The van der Waals surface area contributed by atoms with Crippen LogP contribution in [0.4, 0.5) is 0 Å². The Labute approximate surface area is 116 Å². The summed E-state index contributed by atoms with van der Waals surface area (Å²) >= 11 is 0. The lowest BCUT2D eigenvalue weighted by molar-refractivity contribution is 0.0652. The number of fused-ring (bicyclic) bond motifs is 1. The predicted octanol–water partition coefficient (Wildman–Crippen LogP) is 1.71. The molecule has 5 nitrogen and oxygen atoms in total. The van der Waals surface area contributed by atoms with Gasteiger partial charge in [-0.3, -0.25) is 14.5 Å². The van der Waals surface area contributed by atoms with E-state index in [0.717, 1.165) is 12.0 Å². The lowest BCUT2D eigenvalue weighted by Gasteiger charge is -2.13. The van der Waals surface area contributed by atoms with Gasteiger partial charge in [0.15, 0.2) is 0 Å². The van der Waals surface area contributed by atoms with Crippen LogP contribution in [0.1, 0.15) is 32.7 Å². The third-order valence-electron chi connectivity index (χ3n) is 3.34. The minimum Gasteiger partial charge on any atom is -0.274 e. The highest BCUT2D eigenvalue weighted by Gasteiger charge is 2.34. The summed E-state index contributed by atoms with van der Waals surface area (Å²) in [4.78, 5) is 33.5. The molecule has 1 aliphatic rings. The summed E-state index contributed by atoms with van der Waals surface area (Å²) in [5.41, 5.74) is 2.00. The maximum absolute atomic E-state index is 12.1. The fourth-order valence-corrected chi connectivity index (χ4v) is 2.34. The van der Waals surface area contributed by atoms with E-state index < -0.39 is 0 Å². The van der Waals surface area contributed by atoms with Crippen molar-refractivity contribution in [2.45, 2.75) is 12.8 Å².